The molecule has 0 saturated heterocycles. The molecule has 0 amide bonds. The molecule has 0 saturated carbocycles. The van der Waals surface area contributed by atoms with E-state index in [1.807, 2.05) is 0 Å². The van der Waals surface area contributed by atoms with Crippen molar-refractivity contribution in [3.63, 3.8) is 0 Å². The Morgan fingerprint density at radius 1 is 1.32 bits per heavy atom. The van der Waals surface area contributed by atoms with Gasteiger partial charge in [0.05, 0.1) is 10.6 Å². The first-order chi connectivity index (χ1) is 10.5. The first-order valence-corrected chi connectivity index (χ1v) is 6.09. The van der Waals surface area contributed by atoms with Crippen molar-refractivity contribution in [2.75, 3.05) is 17.2 Å². The minimum atomic E-state index is -0.895. The van der Waals surface area contributed by atoms with Crippen LogP contribution in [0.1, 0.15) is 0 Å². The van der Waals surface area contributed by atoms with E-state index in [-0.39, 0.29) is 23.9 Å². The molecular weight excluding hydrogens is 296 g/mol. The molecule has 0 aliphatic carbocycles. The van der Waals surface area contributed by atoms with Crippen LogP contribution < -0.4 is 10.6 Å². The van der Waals surface area contributed by atoms with Gasteiger partial charge in [-0.05, 0) is 12.1 Å². The Labute approximate surface area is 123 Å². The Kier molecular flexibility index (Phi) is 4.57. The number of nitrogens with zero attached hydrogens (tertiary/aromatic N) is 3. The molecule has 22 heavy (non-hydrogen) atoms. The van der Waals surface area contributed by atoms with Crippen LogP contribution in [0.15, 0.2) is 37.2 Å². The lowest BCUT2D eigenvalue weighted by atomic mass is 10.3. The number of hydrogen-bond donors (Lipinski definition) is 2. The maximum Gasteiger partial charge on any atom is 0.353 e. The predicted molar refractivity (Wildman–Crippen MR) is 77.0 cm³/mol. The summed E-state index contributed by atoms with van der Waals surface area (Å²) in [4.78, 5) is 18.0. The molecule has 2 N–H and O–H groups in total. The van der Waals surface area contributed by atoms with Gasteiger partial charge in [-0.15, -0.1) is 6.58 Å². The molecule has 2 aromatic rings. The number of nitro groups is 1. The molecule has 0 bridgehead atoms. The average molecular weight is 307 g/mol. The van der Waals surface area contributed by atoms with Crippen LogP contribution in [0.2, 0.25) is 0 Å². The molecule has 1 heterocycles. The van der Waals surface area contributed by atoms with E-state index in [1.165, 1.54) is 6.08 Å². The number of halogens is 2. The first-order valence-electron chi connectivity index (χ1n) is 6.09. The number of anilines is 3. The van der Waals surface area contributed by atoms with E-state index >= 15 is 0 Å². The quantitative estimate of drug-likeness (QED) is 0.484. The Hall–Kier alpha value is -3.10. The van der Waals surface area contributed by atoms with Crippen LogP contribution >= 0.6 is 0 Å². The summed E-state index contributed by atoms with van der Waals surface area (Å²) in [6, 6.07) is 2.80. The monoisotopic (exact) mass is 307 g/mol. The third-order valence-corrected chi connectivity index (χ3v) is 2.60. The fourth-order valence-corrected chi connectivity index (χ4v) is 1.66. The fraction of sp³-hybridized carbons (Fsp3) is 0.0769. The molecule has 0 atom stereocenters. The van der Waals surface area contributed by atoms with Crippen LogP contribution in [0.4, 0.5) is 31.8 Å². The molecular formula is C13H11F2N5O2. The van der Waals surface area contributed by atoms with E-state index in [1.54, 1.807) is 0 Å². The first kappa shape index (κ1) is 15.3. The molecule has 114 valence electrons. The van der Waals surface area contributed by atoms with Crippen molar-refractivity contribution in [2.24, 2.45) is 0 Å². The van der Waals surface area contributed by atoms with Gasteiger partial charge in [-0.1, -0.05) is 6.08 Å². The van der Waals surface area contributed by atoms with E-state index < -0.39 is 22.2 Å². The van der Waals surface area contributed by atoms with Crippen molar-refractivity contribution in [2.45, 2.75) is 0 Å². The van der Waals surface area contributed by atoms with Crippen LogP contribution in [0, 0.1) is 21.7 Å². The Balaban J connectivity index is 2.41. The minimum absolute atomic E-state index is 0.0371. The summed E-state index contributed by atoms with van der Waals surface area (Å²) in [6.07, 6.45) is 2.58. The van der Waals surface area contributed by atoms with Crippen molar-refractivity contribution in [3.8, 4) is 0 Å². The summed E-state index contributed by atoms with van der Waals surface area (Å²) in [7, 11) is 0. The van der Waals surface area contributed by atoms with Crippen molar-refractivity contribution in [1.29, 1.82) is 0 Å². The Morgan fingerprint density at radius 2 is 2.05 bits per heavy atom. The second-order valence-corrected chi connectivity index (χ2v) is 4.10. The van der Waals surface area contributed by atoms with Gasteiger partial charge in [0.2, 0.25) is 11.6 Å². The molecule has 7 nitrogen and oxygen atoms in total. The molecule has 0 fully saturated rings. The van der Waals surface area contributed by atoms with Crippen molar-refractivity contribution in [3.05, 3.63) is 58.9 Å². The Bertz CT molecular complexity index is 724. The summed E-state index contributed by atoms with van der Waals surface area (Å²) in [5.74, 6) is -1.90. The summed E-state index contributed by atoms with van der Waals surface area (Å²) >= 11 is 0. The molecule has 2 rings (SSSR count). The molecule has 0 spiro atoms. The molecule has 9 heteroatoms. The highest BCUT2D eigenvalue weighted by molar-refractivity contribution is 5.73. The minimum Gasteiger partial charge on any atom is -0.361 e. The van der Waals surface area contributed by atoms with Crippen LogP contribution in [0.3, 0.4) is 0 Å². The maximum absolute atomic E-state index is 13.6. The lowest BCUT2D eigenvalue weighted by molar-refractivity contribution is -0.383. The third kappa shape index (κ3) is 3.32. The van der Waals surface area contributed by atoms with Crippen LogP contribution in [-0.2, 0) is 0 Å². The van der Waals surface area contributed by atoms with E-state index in [4.69, 9.17) is 0 Å². The van der Waals surface area contributed by atoms with Gasteiger partial charge in [0.1, 0.15) is 18.0 Å². The molecule has 0 unspecified atom stereocenters. The maximum atomic E-state index is 13.6. The zero-order valence-electron chi connectivity index (χ0n) is 11.2. The van der Waals surface area contributed by atoms with Crippen molar-refractivity contribution in [1.82, 2.24) is 9.97 Å². The van der Waals surface area contributed by atoms with Gasteiger partial charge >= 0.3 is 5.69 Å². The number of benzene rings is 1. The highest BCUT2D eigenvalue weighted by Crippen LogP contribution is 2.31. The zero-order valence-corrected chi connectivity index (χ0v) is 11.2. The lowest BCUT2D eigenvalue weighted by Crippen LogP contribution is -2.08. The highest BCUT2D eigenvalue weighted by Gasteiger charge is 2.23. The standard InChI is InChI=1S/C13H11F2N5O2/c1-2-5-16-12-11(20(21)22)13(18-7-17-12)19-10-4-3-8(14)6-9(10)15/h2-4,6-7H,1,5H2,(H2,16,17,18,19). The fourth-order valence-electron chi connectivity index (χ4n) is 1.66. The lowest BCUT2D eigenvalue weighted by Gasteiger charge is -2.09. The van der Waals surface area contributed by atoms with Crippen LogP contribution in [0.5, 0.6) is 0 Å². The van der Waals surface area contributed by atoms with Gasteiger partial charge in [-0.25, -0.2) is 18.7 Å². The van der Waals surface area contributed by atoms with Gasteiger partial charge in [-0.3, -0.25) is 10.1 Å². The molecule has 1 aromatic carbocycles. The summed E-state index contributed by atoms with van der Waals surface area (Å²) in [5, 5.41) is 16.4. The smallest absolute Gasteiger partial charge is 0.353 e. The molecule has 0 aliphatic heterocycles. The van der Waals surface area contributed by atoms with Crippen LogP contribution in [-0.4, -0.2) is 21.4 Å². The van der Waals surface area contributed by atoms with Crippen LogP contribution in [0.25, 0.3) is 0 Å². The van der Waals surface area contributed by atoms with Crippen molar-refractivity contribution < 1.29 is 13.7 Å². The molecule has 0 aliphatic rings. The predicted octanol–water partition coefficient (Wildman–Crippen LogP) is 3.00. The van der Waals surface area contributed by atoms with E-state index in [9.17, 15) is 18.9 Å². The van der Waals surface area contributed by atoms with Crippen molar-refractivity contribution >= 4 is 23.0 Å². The zero-order chi connectivity index (χ0) is 16.1. The summed E-state index contributed by atoms with van der Waals surface area (Å²) < 4.78 is 26.5. The van der Waals surface area contributed by atoms with Gasteiger partial charge in [-0.2, -0.15) is 0 Å². The number of rotatable bonds is 6. The normalized spacial score (nSPS) is 10.1. The van der Waals surface area contributed by atoms with E-state index in [0.717, 1.165) is 18.5 Å². The molecule has 1 aromatic heterocycles. The topological polar surface area (TPSA) is 93.0 Å². The van der Waals surface area contributed by atoms with E-state index in [0.29, 0.717) is 6.07 Å². The van der Waals surface area contributed by atoms with E-state index in [2.05, 4.69) is 27.2 Å². The van der Waals surface area contributed by atoms with Gasteiger partial charge < -0.3 is 10.6 Å². The second-order valence-electron chi connectivity index (χ2n) is 4.10. The highest BCUT2D eigenvalue weighted by atomic mass is 19.1. The molecule has 0 radical (unpaired) electrons. The second kappa shape index (κ2) is 6.57. The largest absolute Gasteiger partial charge is 0.361 e. The van der Waals surface area contributed by atoms with Gasteiger partial charge in [0, 0.05) is 12.6 Å². The number of hydrogen-bond acceptors (Lipinski definition) is 6. The third-order valence-electron chi connectivity index (χ3n) is 2.60. The van der Waals surface area contributed by atoms with Gasteiger partial charge in [0.15, 0.2) is 0 Å². The summed E-state index contributed by atoms with van der Waals surface area (Å²) in [5.41, 5.74) is -0.592. The Morgan fingerprint density at radius 3 is 2.68 bits per heavy atom. The van der Waals surface area contributed by atoms with Gasteiger partial charge in [0.25, 0.3) is 0 Å². The average Bonchev–Trinajstić information content (AvgIpc) is 2.47. The SMILES string of the molecule is C=CCNc1ncnc(Nc2ccc(F)cc2F)c1[N+](=O)[O-]. The summed E-state index contributed by atoms with van der Waals surface area (Å²) in [6.45, 7) is 3.74. The number of aromatic nitrogens is 2. The number of nitrogens with one attached hydrogen (secondary N) is 2.